The van der Waals surface area contributed by atoms with E-state index in [4.69, 9.17) is 30.4 Å². The predicted octanol–water partition coefficient (Wildman–Crippen LogP) is 12.1. The number of hydrogen-bond donors (Lipinski definition) is 8. The second kappa shape index (κ2) is 27.1. The molecular formula is C50H63F6N9O9S. The largest absolute Gasteiger partial charge is 0.457 e. The molecule has 6 amide bonds. The van der Waals surface area contributed by atoms with Gasteiger partial charge in [-0.2, -0.15) is 26.3 Å². The monoisotopic (exact) mass is 1080 g/mol. The number of ether oxygens (including phenoxy) is 4. The number of thioether (sulfide) groups is 1. The number of unbranched alkanes of at least 4 members (excludes halogenated alkanes) is 1. The Hall–Kier alpha value is -7.57. The molecule has 0 aromatic heterocycles. The first-order valence-electron chi connectivity index (χ1n) is 23.0. The average molecular weight is 1080 g/mol. The van der Waals surface area contributed by atoms with Crippen molar-refractivity contribution in [2.75, 3.05) is 46.3 Å². The molecule has 0 radical (unpaired) electrons. The molecule has 0 saturated heterocycles. The van der Waals surface area contributed by atoms with Crippen LogP contribution < -0.4 is 48.1 Å². The molecule has 0 atom stereocenters. The second-order valence-corrected chi connectivity index (χ2v) is 20.2. The van der Waals surface area contributed by atoms with E-state index in [1.807, 2.05) is 30.3 Å². The van der Waals surface area contributed by atoms with Crippen molar-refractivity contribution in [1.82, 2.24) is 16.0 Å². The van der Waals surface area contributed by atoms with E-state index in [1.165, 1.54) is 30.3 Å². The Morgan fingerprint density at radius 3 is 1.61 bits per heavy atom. The van der Waals surface area contributed by atoms with E-state index in [1.54, 1.807) is 62.3 Å². The van der Waals surface area contributed by atoms with Gasteiger partial charge in [-0.05, 0) is 136 Å². The third-order valence-electron chi connectivity index (χ3n) is 8.68. The number of guanidine groups is 1. The number of halogens is 6. The van der Waals surface area contributed by atoms with Crippen molar-refractivity contribution in [3.63, 3.8) is 0 Å². The van der Waals surface area contributed by atoms with Gasteiger partial charge in [0.2, 0.25) is 11.9 Å². The van der Waals surface area contributed by atoms with E-state index in [0.717, 1.165) is 29.6 Å². The van der Waals surface area contributed by atoms with E-state index in [9.17, 15) is 50.3 Å². The number of urea groups is 1. The van der Waals surface area contributed by atoms with Crippen molar-refractivity contribution in [2.24, 2.45) is 4.99 Å². The summed E-state index contributed by atoms with van der Waals surface area (Å²) in [6.07, 6.45) is -12.1. The van der Waals surface area contributed by atoms with E-state index in [0.29, 0.717) is 12.1 Å². The van der Waals surface area contributed by atoms with Crippen LogP contribution in [0.25, 0.3) is 0 Å². The van der Waals surface area contributed by atoms with Gasteiger partial charge in [-0.3, -0.25) is 20.4 Å². The number of anilines is 5. The number of rotatable bonds is 14. The molecule has 0 bridgehead atoms. The molecule has 0 aliphatic carbocycles. The first-order chi connectivity index (χ1) is 34.6. The van der Waals surface area contributed by atoms with E-state index in [-0.39, 0.29) is 83.2 Å². The Morgan fingerprint density at radius 2 is 1.11 bits per heavy atom. The first kappa shape index (κ1) is 61.7. The lowest BCUT2D eigenvalue weighted by Gasteiger charge is -2.22. The molecule has 0 aliphatic heterocycles. The third kappa shape index (κ3) is 25.3. The maximum atomic E-state index is 14.3. The molecule has 0 fully saturated rings. The van der Waals surface area contributed by atoms with Gasteiger partial charge >= 0.3 is 36.7 Å². The molecule has 0 spiro atoms. The van der Waals surface area contributed by atoms with E-state index in [2.05, 4.69) is 36.9 Å². The fourth-order valence-electron chi connectivity index (χ4n) is 5.79. The number of alkyl carbamates (subject to hydrolysis) is 3. The number of nitrogens with zero attached hydrogens (tertiary/aromatic N) is 1. The van der Waals surface area contributed by atoms with Crippen LogP contribution in [0.5, 0.6) is 11.5 Å². The summed E-state index contributed by atoms with van der Waals surface area (Å²) in [5.74, 6) is -1.13. The Kier molecular flexibility index (Phi) is 22.3. The van der Waals surface area contributed by atoms with Crippen molar-refractivity contribution in [3.8, 4) is 11.5 Å². The number of aliphatic imine (C=N–C) groups is 1. The van der Waals surface area contributed by atoms with Crippen LogP contribution in [0, 0.1) is 0 Å². The molecule has 4 aromatic carbocycles. The standard InChI is InChI=1S/C44H56F6N8O9S.C6H7N/c1-40(2,3)65-37(61)53-18-19-68-34-31(55-33(59)12-10-11-17-52-35(57-38(62)66-41(4,5)6)58-39(63)67-42(7,8)9)22-26(44(48,49)50)23-32(34)56-36(60)54-28-13-15-29(16-14-28)64-30-21-25(43(45,46)47)20-27(51)24-30;7-6-4-2-1-3-5-6/h13-16,20-24H,10-12,17-19,51H2,1-9H3,(H,53,61)(H,55,59)(H2,54,56,60)(H2,52,57,58,62,63);1-5H,7H2. The highest BCUT2D eigenvalue weighted by molar-refractivity contribution is 7.99. The number of nitrogen functional groups attached to an aromatic ring is 2. The topological polar surface area (TPSA) is 259 Å². The lowest BCUT2D eigenvalue weighted by atomic mass is 10.1. The quantitative estimate of drug-likeness (QED) is 0.0112. The Balaban J connectivity index is 0.00000194. The van der Waals surface area contributed by atoms with Crippen molar-refractivity contribution in [3.05, 3.63) is 96.1 Å². The van der Waals surface area contributed by atoms with Crippen LogP contribution in [-0.4, -0.2) is 71.8 Å². The van der Waals surface area contributed by atoms with Crippen molar-refractivity contribution < 1.29 is 69.3 Å². The van der Waals surface area contributed by atoms with E-state index < -0.39 is 70.5 Å². The molecule has 0 heterocycles. The van der Waals surface area contributed by atoms with Crippen LogP contribution in [-0.2, 0) is 31.4 Å². The summed E-state index contributed by atoms with van der Waals surface area (Å²) >= 11 is 0.903. The number of carbonyl (C=O) groups is 5. The Bertz CT molecular complexity index is 2570. The lowest BCUT2D eigenvalue weighted by molar-refractivity contribution is -0.138. The normalized spacial score (nSPS) is 11.6. The van der Waals surface area contributed by atoms with Gasteiger partial charge in [0.15, 0.2) is 0 Å². The number of hydrogen-bond acceptors (Lipinski definition) is 13. The fourth-order valence-corrected chi connectivity index (χ4v) is 6.73. The van der Waals surface area contributed by atoms with Crippen LogP contribution >= 0.6 is 11.8 Å². The summed E-state index contributed by atoms with van der Waals surface area (Å²) in [6.45, 7) is 14.7. The molecule has 10 N–H and O–H groups in total. The third-order valence-corrected chi connectivity index (χ3v) is 9.82. The van der Waals surface area contributed by atoms with Crippen LogP contribution in [0.1, 0.15) is 92.7 Å². The minimum atomic E-state index is -4.95. The number of para-hydroxylation sites is 1. The van der Waals surface area contributed by atoms with Crippen LogP contribution in [0.4, 0.5) is 74.0 Å². The SMILES string of the molecule is CC(C)(C)OC(=O)NCCSc1c(NC(=O)CCCCN=C(NC(=O)OC(C)(C)C)NC(=O)OC(C)(C)C)cc(C(F)(F)F)cc1NC(=O)Nc1ccc(Oc2cc(N)cc(C(F)(F)F)c2)cc1.Nc1ccccc1. The van der Waals surface area contributed by atoms with Gasteiger partial charge in [-0.25, -0.2) is 19.2 Å². The molecular weight excluding hydrogens is 1020 g/mol. The van der Waals surface area contributed by atoms with Crippen molar-refractivity contribution in [2.45, 2.75) is 116 Å². The van der Waals surface area contributed by atoms with E-state index >= 15 is 0 Å². The highest BCUT2D eigenvalue weighted by Gasteiger charge is 2.34. The number of nitrogens with two attached hydrogens (primary N) is 2. The van der Waals surface area contributed by atoms with Gasteiger partial charge in [0.1, 0.15) is 28.3 Å². The lowest BCUT2D eigenvalue weighted by Crippen LogP contribution is -2.47. The van der Waals surface area contributed by atoms with Gasteiger partial charge in [-0.1, -0.05) is 18.2 Å². The van der Waals surface area contributed by atoms with Gasteiger partial charge in [0.05, 0.1) is 27.4 Å². The maximum absolute atomic E-state index is 14.3. The molecule has 4 aromatic rings. The summed E-state index contributed by atoms with van der Waals surface area (Å²) < 4.78 is 104. The number of nitrogens with one attached hydrogen (secondary N) is 6. The summed E-state index contributed by atoms with van der Waals surface area (Å²) in [5, 5.41) is 14.5. The smallest absolute Gasteiger partial charge is 0.416 e. The summed E-state index contributed by atoms with van der Waals surface area (Å²) in [5.41, 5.74) is 6.18. The number of amides is 6. The number of carbonyl (C=O) groups excluding carboxylic acids is 5. The fraction of sp³-hybridized carbons (Fsp3) is 0.400. The maximum Gasteiger partial charge on any atom is 0.416 e. The molecule has 0 aliphatic rings. The molecule has 75 heavy (non-hydrogen) atoms. The first-order valence-corrected chi connectivity index (χ1v) is 24.0. The number of benzene rings is 4. The minimum Gasteiger partial charge on any atom is -0.457 e. The molecule has 18 nitrogen and oxygen atoms in total. The van der Waals surface area contributed by atoms with Crippen molar-refractivity contribution >= 4 is 76.4 Å². The van der Waals surface area contributed by atoms with Gasteiger partial charge in [0.25, 0.3) is 0 Å². The summed E-state index contributed by atoms with van der Waals surface area (Å²) in [4.78, 5) is 67.9. The summed E-state index contributed by atoms with van der Waals surface area (Å²) in [6, 6.07) is 17.8. The predicted molar refractivity (Wildman–Crippen MR) is 276 cm³/mol. The zero-order valence-corrected chi connectivity index (χ0v) is 43.6. The zero-order valence-electron chi connectivity index (χ0n) is 42.8. The Morgan fingerprint density at radius 1 is 0.587 bits per heavy atom. The minimum absolute atomic E-state index is 0.00715. The zero-order chi connectivity index (χ0) is 56.4. The van der Waals surface area contributed by atoms with Crippen LogP contribution in [0.3, 0.4) is 0 Å². The number of alkyl halides is 6. The van der Waals surface area contributed by atoms with Gasteiger partial charge in [0, 0.05) is 48.4 Å². The van der Waals surface area contributed by atoms with Gasteiger partial charge in [-0.15, -0.1) is 11.8 Å². The molecule has 4 rings (SSSR count). The Labute approximate surface area is 434 Å². The summed E-state index contributed by atoms with van der Waals surface area (Å²) in [7, 11) is 0. The molecule has 0 saturated carbocycles. The van der Waals surface area contributed by atoms with Gasteiger partial charge < -0.3 is 51.7 Å². The highest BCUT2D eigenvalue weighted by atomic mass is 32.2. The molecule has 0 unspecified atom stereocenters. The molecule has 410 valence electrons. The van der Waals surface area contributed by atoms with Crippen molar-refractivity contribution in [1.29, 1.82) is 0 Å². The average Bonchev–Trinajstić information content (AvgIpc) is 3.24. The highest BCUT2D eigenvalue weighted by Crippen LogP contribution is 2.41. The van der Waals surface area contributed by atoms with Crippen LogP contribution in [0.15, 0.2) is 94.8 Å². The molecule has 25 heteroatoms. The second-order valence-electron chi connectivity index (χ2n) is 19.1. The van der Waals surface area contributed by atoms with Crippen LogP contribution in [0.2, 0.25) is 0 Å².